The fourth-order valence-corrected chi connectivity index (χ4v) is 4.76. The maximum atomic E-state index is 5.67. The molecule has 142 valence electrons. The molecule has 0 amide bonds. The van der Waals surface area contributed by atoms with Crippen molar-refractivity contribution < 1.29 is 4.74 Å². The van der Waals surface area contributed by atoms with Crippen molar-refractivity contribution >= 4 is 0 Å². The van der Waals surface area contributed by atoms with Gasteiger partial charge in [0, 0.05) is 6.04 Å². The Bertz CT molecular complexity index is 299. The number of hydrogen-bond donors (Lipinski definition) is 0. The molecule has 0 N–H and O–H groups in total. The lowest BCUT2D eigenvalue weighted by atomic mass is 9.82. The highest BCUT2D eigenvalue weighted by Crippen LogP contribution is 2.38. The number of likely N-dealkylation sites (tertiary alicyclic amines) is 1. The smallest absolute Gasteiger partial charge is 0.0681 e. The first-order valence-electron chi connectivity index (χ1n) is 11.2. The molecule has 0 aromatic heterocycles. The number of piperidine rings is 1. The van der Waals surface area contributed by atoms with Gasteiger partial charge in [0.25, 0.3) is 0 Å². The zero-order chi connectivity index (χ0) is 17.1. The van der Waals surface area contributed by atoms with Crippen LogP contribution in [0.2, 0.25) is 0 Å². The van der Waals surface area contributed by atoms with Crippen LogP contribution < -0.4 is 0 Å². The lowest BCUT2D eigenvalue weighted by molar-refractivity contribution is -0.171. The van der Waals surface area contributed by atoms with Gasteiger partial charge in [0.2, 0.25) is 0 Å². The van der Waals surface area contributed by atoms with E-state index in [0.29, 0.717) is 5.54 Å². The molecule has 0 atom stereocenters. The third kappa shape index (κ3) is 6.02. The van der Waals surface area contributed by atoms with Gasteiger partial charge in [0.1, 0.15) is 0 Å². The number of ether oxygens (including phenoxy) is 1. The third-order valence-electron chi connectivity index (χ3n) is 6.36. The SMILES string of the molecule is CCCCCCCC(CCCCCCC)N1CCCCC12COC2. The minimum Gasteiger partial charge on any atom is -0.377 e. The predicted octanol–water partition coefficient (Wildman–Crippen LogP) is 6.33. The summed E-state index contributed by atoms with van der Waals surface area (Å²) in [4.78, 5) is 2.92. The molecule has 0 bridgehead atoms. The summed E-state index contributed by atoms with van der Waals surface area (Å²) in [6.07, 6.45) is 21.3. The predicted molar refractivity (Wildman–Crippen MR) is 105 cm³/mol. The summed E-state index contributed by atoms with van der Waals surface area (Å²) in [6, 6.07) is 0.831. The molecule has 0 aromatic carbocycles. The average Bonchev–Trinajstić information content (AvgIpc) is 2.58. The Balaban J connectivity index is 1.81. The Morgan fingerprint density at radius 3 is 1.88 bits per heavy atom. The van der Waals surface area contributed by atoms with Crippen molar-refractivity contribution in [2.24, 2.45) is 0 Å². The molecule has 2 heterocycles. The van der Waals surface area contributed by atoms with Gasteiger partial charge in [-0.3, -0.25) is 4.90 Å². The quantitative estimate of drug-likeness (QED) is 0.364. The summed E-state index contributed by atoms with van der Waals surface area (Å²) in [7, 11) is 0. The second-order valence-corrected chi connectivity index (χ2v) is 8.43. The van der Waals surface area contributed by atoms with Gasteiger partial charge in [-0.1, -0.05) is 84.5 Å². The van der Waals surface area contributed by atoms with E-state index in [1.807, 2.05) is 0 Å². The van der Waals surface area contributed by atoms with Gasteiger partial charge in [-0.2, -0.15) is 0 Å². The number of unbranched alkanes of at least 4 members (excludes halogenated alkanes) is 8. The van der Waals surface area contributed by atoms with Crippen LogP contribution in [0.15, 0.2) is 0 Å². The van der Waals surface area contributed by atoms with Crippen LogP contribution in [0.4, 0.5) is 0 Å². The monoisotopic (exact) mass is 337 g/mol. The van der Waals surface area contributed by atoms with Gasteiger partial charge in [0.15, 0.2) is 0 Å². The molecule has 2 heteroatoms. The maximum Gasteiger partial charge on any atom is 0.0681 e. The zero-order valence-corrected chi connectivity index (χ0v) is 16.7. The van der Waals surface area contributed by atoms with E-state index in [1.54, 1.807) is 0 Å². The van der Waals surface area contributed by atoms with E-state index >= 15 is 0 Å². The van der Waals surface area contributed by atoms with E-state index in [4.69, 9.17) is 4.74 Å². The number of rotatable bonds is 13. The molecule has 2 aliphatic rings. The van der Waals surface area contributed by atoms with Crippen molar-refractivity contribution in [2.45, 2.75) is 122 Å². The Morgan fingerprint density at radius 2 is 1.38 bits per heavy atom. The fraction of sp³-hybridized carbons (Fsp3) is 1.00. The summed E-state index contributed by atoms with van der Waals surface area (Å²) in [5.41, 5.74) is 0.440. The van der Waals surface area contributed by atoms with Gasteiger partial charge in [-0.25, -0.2) is 0 Å². The Morgan fingerprint density at radius 1 is 0.792 bits per heavy atom. The Kier molecular flexibility index (Phi) is 9.71. The fourth-order valence-electron chi connectivity index (χ4n) is 4.76. The molecule has 0 aliphatic carbocycles. The first kappa shape index (κ1) is 20.2. The normalized spacial score (nSPS) is 20.6. The van der Waals surface area contributed by atoms with E-state index in [-0.39, 0.29) is 0 Å². The van der Waals surface area contributed by atoms with Crippen LogP contribution >= 0.6 is 0 Å². The molecule has 2 saturated heterocycles. The molecule has 2 rings (SSSR count). The van der Waals surface area contributed by atoms with Crippen molar-refractivity contribution in [2.75, 3.05) is 19.8 Å². The van der Waals surface area contributed by atoms with Crippen molar-refractivity contribution in [3.05, 3.63) is 0 Å². The number of hydrogen-bond acceptors (Lipinski definition) is 2. The second kappa shape index (κ2) is 11.5. The summed E-state index contributed by atoms with van der Waals surface area (Å²) >= 11 is 0. The van der Waals surface area contributed by atoms with Crippen LogP contribution in [-0.2, 0) is 4.74 Å². The molecule has 2 nitrogen and oxygen atoms in total. The van der Waals surface area contributed by atoms with Crippen LogP contribution in [0.25, 0.3) is 0 Å². The molecule has 24 heavy (non-hydrogen) atoms. The van der Waals surface area contributed by atoms with Gasteiger partial charge in [-0.15, -0.1) is 0 Å². The second-order valence-electron chi connectivity index (χ2n) is 8.43. The highest BCUT2D eigenvalue weighted by Gasteiger charge is 2.47. The van der Waals surface area contributed by atoms with Crippen molar-refractivity contribution in [1.29, 1.82) is 0 Å². The zero-order valence-electron chi connectivity index (χ0n) is 16.7. The lowest BCUT2D eigenvalue weighted by Crippen LogP contribution is -2.66. The van der Waals surface area contributed by atoms with E-state index in [9.17, 15) is 0 Å². The first-order valence-corrected chi connectivity index (χ1v) is 11.2. The first-order chi connectivity index (χ1) is 11.8. The highest BCUT2D eigenvalue weighted by atomic mass is 16.5. The standard InChI is InChI=1S/C22H43NO/c1-3-5-7-9-11-15-21(16-12-10-8-6-4-2)23-18-14-13-17-22(23)19-24-20-22/h21H,3-20H2,1-2H3. The minimum absolute atomic E-state index is 0.440. The van der Waals surface area contributed by atoms with E-state index in [2.05, 4.69) is 18.7 Å². The molecule has 0 aromatic rings. The molecule has 2 aliphatic heterocycles. The lowest BCUT2D eigenvalue weighted by Gasteiger charge is -2.55. The third-order valence-corrected chi connectivity index (χ3v) is 6.36. The van der Waals surface area contributed by atoms with E-state index in [1.165, 1.54) is 103 Å². The van der Waals surface area contributed by atoms with Crippen LogP contribution in [0.5, 0.6) is 0 Å². The minimum atomic E-state index is 0.440. The van der Waals surface area contributed by atoms with Gasteiger partial charge in [0.05, 0.1) is 18.8 Å². The summed E-state index contributed by atoms with van der Waals surface area (Å²) in [5, 5.41) is 0. The van der Waals surface area contributed by atoms with Crippen molar-refractivity contribution in [1.82, 2.24) is 4.90 Å². The number of nitrogens with zero attached hydrogens (tertiary/aromatic N) is 1. The highest BCUT2D eigenvalue weighted by molar-refractivity contribution is 5.01. The molecule has 0 unspecified atom stereocenters. The topological polar surface area (TPSA) is 12.5 Å². The van der Waals surface area contributed by atoms with Crippen molar-refractivity contribution in [3.8, 4) is 0 Å². The van der Waals surface area contributed by atoms with Crippen LogP contribution in [-0.4, -0.2) is 36.2 Å². The summed E-state index contributed by atoms with van der Waals surface area (Å²) < 4.78 is 5.67. The van der Waals surface area contributed by atoms with Crippen LogP contribution in [0.3, 0.4) is 0 Å². The molecular formula is C22H43NO. The summed E-state index contributed by atoms with van der Waals surface area (Å²) in [6.45, 7) is 7.97. The molecule has 0 saturated carbocycles. The largest absolute Gasteiger partial charge is 0.377 e. The van der Waals surface area contributed by atoms with Gasteiger partial charge in [-0.05, 0) is 32.2 Å². The molecule has 0 radical (unpaired) electrons. The van der Waals surface area contributed by atoms with E-state index < -0.39 is 0 Å². The average molecular weight is 338 g/mol. The van der Waals surface area contributed by atoms with Gasteiger partial charge >= 0.3 is 0 Å². The maximum absolute atomic E-state index is 5.67. The van der Waals surface area contributed by atoms with Crippen LogP contribution in [0, 0.1) is 0 Å². The van der Waals surface area contributed by atoms with Crippen LogP contribution in [0.1, 0.15) is 110 Å². The Hall–Kier alpha value is -0.0800. The molecule has 2 fully saturated rings. The summed E-state index contributed by atoms with van der Waals surface area (Å²) in [5.74, 6) is 0. The van der Waals surface area contributed by atoms with E-state index in [0.717, 1.165) is 19.3 Å². The Labute approximate surface area is 151 Å². The van der Waals surface area contributed by atoms with Crippen molar-refractivity contribution in [3.63, 3.8) is 0 Å². The van der Waals surface area contributed by atoms with Gasteiger partial charge < -0.3 is 4.74 Å². The molecule has 1 spiro atoms. The molecular weight excluding hydrogens is 294 g/mol.